The summed E-state index contributed by atoms with van der Waals surface area (Å²) in [5, 5.41) is 20.1. The Bertz CT molecular complexity index is 861. The van der Waals surface area contributed by atoms with Crippen molar-refractivity contribution in [2.24, 2.45) is 17.3 Å². The number of nitrogens with zero attached hydrogens (tertiary/aromatic N) is 3. The minimum absolute atomic E-state index is 0.000767. The molecule has 0 aromatic heterocycles. The molecule has 0 radical (unpaired) electrons. The number of hydroxylamine groups is 1. The lowest BCUT2D eigenvalue weighted by molar-refractivity contribution is -0.384. The first-order chi connectivity index (χ1) is 14.3. The van der Waals surface area contributed by atoms with Gasteiger partial charge < -0.3 is 9.80 Å². The molecule has 1 heterocycles. The SMILES string of the molecule is Cc1cc([N+](=O)[O-])ccc1N1CCN(C(=O)[C@H]2CCC3(CC3)C[C@@H]2C(=O)NO)CC1. The lowest BCUT2D eigenvalue weighted by Gasteiger charge is -2.41. The Kier molecular flexibility index (Phi) is 5.40. The zero-order valence-electron chi connectivity index (χ0n) is 17.2. The van der Waals surface area contributed by atoms with Crippen LogP contribution in [0.1, 0.15) is 37.7 Å². The largest absolute Gasteiger partial charge is 0.368 e. The quantitative estimate of drug-likeness (QED) is 0.442. The van der Waals surface area contributed by atoms with E-state index < -0.39 is 16.7 Å². The molecule has 3 fully saturated rings. The van der Waals surface area contributed by atoms with Crippen LogP contribution in [0, 0.1) is 34.3 Å². The highest BCUT2D eigenvalue weighted by Crippen LogP contribution is 2.59. The van der Waals surface area contributed by atoms with Gasteiger partial charge in [0.05, 0.1) is 10.8 Å². The van der Waals surface area contributed by atoms with E-state index in [0.29, 0.717) is 39.0 Å². The monoisotopic (exact) mass is 416 g/mol. The summed E-state index contributed by atoms with van der Waals surface area (Å²) in [6, 6.07) is 4.84. The fraction of sp³-hybridized carbons (Fsp3) is 0.619. The second-order valence-corrected chi connectivity index (χ2v) is 8.97. The van der Waals surface area contributed by atoms with E-state index in [-0.39, 0.29) is 22.9 Å². The molecule has 30 heavy (non-hydrogen) atoms. The van der Waals surface area contributed by atoms with Gasteiger partial charge in [-0.15, -0.1) is 0 Å². The van der Waals surface area contributed by atoms with Crippen LogP contribution in [-0.2, 0) is 9.59 Å². The lowest BCUT2D eigenvalue weighted by Crippen LogP contribution is -2.53. The molecule has 9 heteroatoms. The number of piperazine rings is 1. The molecular weight excluding hydrogens is 388 g/mol. The number of amides is 2. The van der Waals surface area contributed by atoms with Crippen LogP contribution in [0.5, 0.6) is 0 Å². The summed E-state index contributed by atoms with van der Waals surface area (Å²) in [6.45, 7) is 4.22. The summed E-state index contributed by atoms with van der Waals surface area (Å²) in [5.74, 6) is -1.29. The molecule has 1 aromatic rings. The molecule has 1 aromatic carbocycles. The molecule has 9 nitrogen and oxygen atoms in total. The van der Waals surface area contributed by atoms with E-state index >= 15 is 0 Å². The molecule has 2 saturated carbocycles. The van der Waals surface area contributed by atoms with Crippen molar-refractivity contribution in [1.82, 2.24) is 10.4 Å². The number of hydrogen-bond donors (Lipinski definition) is 2. The van der Waals surface area contributed by atoms with Crippen molar-refractivity contribution in [3.8, 4) is 0 Å². The maximum atomic E-state index is 13.2. The first-order valence-corrected chi connectivity index (χ1v) is 10.6. The Morgan fingerprint density at radius 3 is 2.43 bits per heavy atom. The van der Waals surface area contributed by atoms with E-state index in [1.165, 1.54) is 6.07 Å². The lowest BCUT2D eigenvalue weighted by atomic mass is 9.71. The van der Waals surface area contributed by atoms with Gasteiger partial charge >= 0.3 is 0 Å². The topological polar surface area (TPSA) is 116 Å². The third kappa shape index (κ3) is 3.86. The molecule has 1 aliphatic heterocycles. The number of nitro groups is 1. The van der Waals surface area contributed by atoms with E-state index in [1.807, 2.05) is 11.8 Å². The molecular formula is C21H28N4O5. The average molecular weight is 416 g/mol. The normalized spacial score (nSPS) is 25.1. The first kappa shape index (κ1) is 20.6. The van der Waals surface area contributed by atoms with Crippen molar-refractivity contribution in [1.29, 1.82) is 0 Å². The zero-order valence-corrected chi connectivity index (χ0v) is 17.2. The number of nitrogens with one attached hydrogen (secondary N) is 1. The van der Waals surface area contributed by atoms with Crippen molar-refractivity contribution in [3.63, 3.8) is 0 Å². The minimum Gasteiger partial charge on any atom is -0.368 e. The van der Waals surface area contributed by atoms with E-state index in [4.69, 9.17) is 5.21 Å². The van der Waals surface area contributed by atoms with Gasteiger partial charge in [0.2, 0.25) is 11.8 Å². The number of anilines is 1. The Labute approximate surface area is 175 Å². The summed E-state index contributed by atoms with van der Waals surface area (Å²) in [5.41, 5.74) is 3.83. The molecule has 1 saturated heterocycles. The Morgan fingerprint density at radius 2 is 1.87 bits per heavy atom. The van der Waals surface area contributed by atoms with E-state index in [0.717, 1.165) is 30.5 Å². The molecule has 4 rings (SSSR count). The molecule has 0 unspecified atom stereocenters. The van der Waals surface area contributed by atoms with Crippen molar-refractivity contribution in [2.75, 3.05) is 31.1 Å². The van der Waals surface area contributed by atoms with Crippen LogP contribution in [0.3, 0.4) is 0 Å². The van der Waals surface area contributed by atoms with Crippen molar-refractivity contribution in [3.05, 3.63) is 33.9 Å². The van der Waals surface area contributed by atoms with Gasteiger partial charge in [-0.2, -0.15) is 0 Å². The van der Waals surface area contributed by atoms with E-state index in [2.05, 4.69) is 4.90 Å². The number of hydrogen-bond acceptors (Lipinski definition) is 6. The number of benzene rings is 1. The van der Waals surface area contributed by atoms with Gasteiger partial charge in [-0.1, -0.05) is 0 Å². The maximum Gasteiger partial charge on any atom is 0.269 e. The van der Waals surface area contributed by atoms with Crippen LogP contribution in [0.25, 0.3) is 0 Å². The molecule has 3 aliphatic rings. The summed E-state index contributed by atoms with van der Waals surface area (Å²) < 4.78 is 0. The van der Waals surface area contributed by atoms with Crippen LogP contribution in [0.15, 0.2) is 18.2 Å². The van der Waals surface area contributed by atoms with Crippen molar-refractivity contribution in [2.45, 2.75) is 39.0 Å². The van der Waals surface area contributed by atoms with Crippen LogP contribution in [0.2, 0.25) is 0 Å². The Hall–Kier alpha value is -2.68. The predicted molar refractivity (Wildman–Crippen MR) is 109 cm³/mol. The van der Waals surface area contributed by atoms with E-state index in [1.54, 1.807) is 17.6 Å². The maximum absolute atomic E-state index is 13.2. The fourth-order valence-corrected chi connectivity index (χ4v) is 5.17. The first-order valence-electron chi connectivity index (χ1n) is 10.6. The Morgan fingerprint density at radius 1 is 1.17 bits per heavy atom. The smallest absolute Gasteiger partial charge is 0.269 e. The Balaban J connectivity index is 1.40. The van der Waals surface area contributed by atoms with Gasteiger partial charge in [-0.05, 0) is 56.1 Å². The standard InChI is InChI=1S/C21H28N4O5/c1-14-12-15(25(29)30)2-3-18(14)23-8-10-24(11-9-23)20(27)16-4-5-21(6-7-21)13-17(16)19(26)22-28/h2-3,12,16-17,28H,4-11,13H2,1H3,(H,22,26)/t16-,17-/m0/s1. The van der Waals surface area contributed by atoms with Crippen LogP contribution < -0.4 is 10.4 Å². The van der Waals surface area contributed by atoms with Gasteiger partial charge in [0, 0.05) is 49.9 Å². The minimum atomic E-state index is -0.464. The number of carbonyl (C=O) groups is 2. The van der Waals surface area contributed by atoms with E-state index in [9.17, 15) is 19.7 Å². The fourth-order valence-electron chi connectivity index (χ4n) is 5.17. The average Bonchev–Trinajstić information content (AvgIpc) is 3.51. The molecule has 1 spiro atoms. The number of rotatable bonds is 4. The van der Waals surface area contributed by atoms with Gasteiger partial charge in [0.25, 0.3) is 5.69 Å². The highest BCUT2D eigenvalue weighted by molar-refractivity contribution is 5.87. The highest BCUT2D eigenvalue weighted by Gasteiger charge is 2.52. The second kappa shape index (κ2) is 7.86. The number of carbonyl (C=O) groups excluding carboxylic acids is 2. The zero-order chi connectivity index (χ0) is 21.5. The van der Waals surface area contributed by atoms with Crippen molar-refractivity contribution < 1.29 is 19.7 Å². The number of nitro benzene ring substituents is 1. The molecule has 162 valence electrons. The number of aryl methyl sites for hydroxylation is 1. The van der Waals surface area contributed by atoms with Gasteiger partial charge in [0.15, 0.2) is 0 Å². The molecule has 2 aliphatic carbocycles. The third-order valence-corrected chi connectivity index (χ3v) is 7.17. The van der Waals surface area contributed by atoms with Gasteiger partial charge in [0.1, 0.15) is 0 Å². The molecule has 2 N–H and O–H groups in total. The second-order valence-electron chi connectivity index (χ2n) is 8.97. The van der Waals surface area contributed by atoms with Gasteiger partial charge in [-0.3, -0.25) is 24.9 Å². The summed E-state index contributed by atoms with van der Waals surface area (Å²) >= 11 is 0. The third-order valence-electron chi connectivity index (χ3n) is 7.17. The van der Waals surface area contributed by atoms with Crippen molar-refractivity contribution >= 4 is 23.2 Å². The summed E-state index contributed by atoms with van der Waals surface area (Å²) in [4.78, 5) is 40.0. The molecule has 0 bridgehead atoms. The summed E-state index contributed by atoms with van der Waals surface area (Å²) in [6.07, 6.45) is 4.56. The van der Waals surface area contributed by atoms with Crippen LogP contribution in [-0.4, -0.2) is 53.0 Å². The summed E-state index contributed by atoms with van der Waals surface area (Å²) in [7, 11) is 0. The number of non-ortho nitro benzene ring substituents is 1. The highest BCUT2D eigenvalue weighted by atomic mass is 16.6. The van der Waals surface area contributed by atoms with Crippen LogP contribution in [0.4, 0.5) is 11.4 Å². The predicted octanol–water partition coefficient (Wildman–Crippen LogP) is 2.25. The molecule has 2 atom stereocenters. The van der Waals surface area contributed by atoms with Crippen LogP contribution >= 0.6 is 0 Å². The molecule has 2 amide bonds. The van der Waals surface area contributed by atoms with Gasteiger partial charge in [-0.25, -0.2) is 5.48 Å².